The molecule has 3 N–H and O–H groups in total. The molecule has 0 saturated carbocycles. The summed E-state index contributed by atoms with van der Waals surface area (Å²) in [5.74, 6) is 0.00910. The zero-order valence-corrected chi connectivity index (χ0v) is 12.0. The van der Waals surface area contributed by atoms with Crippen LogP contribution in [0, 0.1) is 0 Å². The Bertz CT molecular complexity index is 398. The number of carbonyl (C=O) groups excluding carboxylic acids is 1. The van der Waals surface area contributed by atoms with Crippen molar-refractivity contribution in [3.8, 4) is 0 Å². The van der Waals surface area contributed by atoms with Gasteiger partial charge >= 0.3 is 0 Å². The molecule has 1 rings (SSSR count). The zero-order chi connectivity index (χ0) is 12.8. The molecule has 3 nitrogen and oxygen atoms in total. The fourth-order valence-corrected chi connectivity index (χ4v) is 2.03. The van der Waals surface area contributed by atoms with Crippen molar-refractivity contribution in [3.05, 3.63) is 33.3 Å². The fraction of sp³-hybridized carbons (Fsp3) is 0.417. The molecule has 0 heterocycles. The summed E-state index contributed by atoms with van der Waals surface area (Å²) in [6.45, 7) is 2.33. The van der Waals surface area contributed by atoms with Crippen molar-refractivity contribution in [2.75, 3.05) is 6.54 Å². The van der Waals surface area contributed by atoms with Gasteiger partial charge in [0.1, 0.15) is 0 Å². The molecule has 0 aliphatic carbocycles. The Balaban J connectivity index is 2.50. The van der Waals surface area contributed by atoms with Crippen LogP contribution in [0.5, 0.6) is 0 Å². The van der Waals surface area contributed by atoms with Crippen molar-refractivity contribution in [1.82, 2.24) is 5.32 Å². The molecule has 0 bridgehead atoms. The third kappa shape index (κ3) is 5.06. The monoisotopic (exact) mass is 318 g/mol. The lowest BCUT2D eigenvalue weighted by molar-refractivity contribution is -0.121. The lowest BCUT2D eigenvalue weighted by Gasteiger charge is -2.11. The van der Waals surface area contributed by atoms with Crippen LogP contribution >= 0.6 is 27.5 Å². The highest BCUT2D eigenvalue weighted by molar-refractivity contribution is 9.10. The van der Waals surface area contributed by atoms with Crippen molar-refractivity contribution in [2.24, 2.45) is 5.73 Å². The summed E-state index contributed by atoms with van der Waals surface area (Å²) in [6.07, 6.45) is 1.09. The number of amides is 1. The van der Waals surface area contributed by atoms with E-state index >= 15 is 0 Å². The Morgan fingerprint density at radius 2 is 2.29 bits per heavy atom. The first kappa shape index (κ1) is 14.5. The summed E-state index contributed by atoms with van der Waals surface area (Å²) >= 11 is 9.34. The molecule has 1 aromatic carbocycles. The van der Waals surface area contributed by atoms with Crippen LogP contribution in [0.4, 0.5) is 0 Å². The average Bonchev–Trinajstić information content (AvgIpc) is 2.30. The smallest absolute Gasteiger partial charge is 0.220 e. The first-order valence-corrected chi connectivity index (χ1v) is 6.63. The molecule has 1 aromatic rings. The molecule has 0 saturated heterocycles. The van der Waals surface area contributed by atoms with Gasteiger partial charge in [-0.2, -0.15) is 0 Å². The molecule has 0 unspecified atom stereocenters. The third-order valence-electron chi connectivity index (χ3n) is 2.39. The van der Waals surface area contributed by atoms with E-state index in [0.717, 1.165) is 10.0 Å². The van der Waals surface area contributed by atoms with Crippen LogP contribution < -0.4 is 11.1 Å². The number of carbonyl (C=O) groups is 1. The van der Waals surface area contributed by atoms with E-state index in [-0.39, 0.29) is 11.9 Å². The number of hydrogen-bond acceptors (Lipinski definition) is 2. The van der Waals surface area contributed by atoms with E-state index in [9.17, 15) is 4.79 Å². The standard InChI is InChI=1S/C12H16BrClN2O/c1-8(7-15)16-12(17)5-2-9-6-10(14)3-4-11(9)13/h3-4,6,8H,2,5,7,15H2,1H3,(H,16,17)/t8-/m0/s1. The zero-order valence-electron chi connectivity index (χ0n) is 9.67. The maximum Gasteiger partial charge on any atom is 0.220 e. The molecule has 1 amide bonds. The Hall–Kier alpha value is -0.580. The van der Waals surface area contributed by atoms with Gasteiger partial charge in [0.15, 0.2) is 0 Å². The minimum absolute atomic E-state index is 0.00910. The van der Waals surface area contributed by atoms with Crippen molar-refractivity contribution in [1.29, 1.82) is 0 Å². The second-order valence-corrected chi connectivity index (χ2v) is 5.23. The van der Waals surface area contributed by atoms with Crippen LogP contribution in [0.25, 0.3) is 0 Å². The van der Waals surface area contributed by atoms with E-state index in [4.69, 9.17) is 17.3 Å². The number of hydrogen-bond donors (Lipinski definition) is 2. The SMILES string of the molecule is C[C@@H](CN)NC(=O)CCc1cc(Cl)ccc1Br. The fourth-order valence-electron chi connectivity index (χ4n) is 1.39. The molecule has 5 heteroatoms. The highest BCUT2D eigenvalue weighted by atomic mass is 79.9. The average molecular weight is 320 g/mol. The minimum atomic E-state index is 0.00910. The van der Waals surface area contributed by atoms with Crippen molar-refractivity contribution in [2.45, 2.75) is 25.8 Å². The molecule has 17 heavy (non-hydrogen) atoms. The van der Waals surface area contributed by atoms with Crippen LogP contribution in [0.1, 0.15) is 18.9 Å². The summed E-state index contributed by atoms with van der Waals surface area (Å²) in [7, 11) is 0. The topological polar surface area (TPSA) is 55.1 Å². The number of rotatable bonds is 5. The molecule has 94 valence electrons. The minimum Gasteiger partial charge on any atom is -0.352 e. The van der Waals surface area contributed by atoms with Gasteiger partial charge in [0.2, 0.25) is 5.91 Å². The first-order chi connectivity index (χ1) is 8.02. The summed E-state index contributed by atoms with van der Waals surface area (Å²) in [5, 5.41) is 3.50. The van der Waals surface area contributed by atoms with Gasteiger partial charge in [-0.05, 0) is 37.1 Å². The summed E-state index contributed by atoms with van der Waals surface area (Å²) in [5.41, 5.74) is 6.47. The Morgan fingerprint density at radius 3 is 2.94 bits per heavy atom. The predicted octanol–water partition coefficient (Wildman–Crippen LogP) is 2.50. The van der Waals surface area contributed by atoms with Crippen molar-refractivity contribution >= 4 is 33.4 Å². The highest BCUT2D eigenvalue weighted by Gasteiger charge is 2.07. The lowest BCUT2D eigenvalue weighted by Crippen LogP contribution is -2.37. The molecule has 0 aliphatic rings. The molecule has 0 fully saturated rings. The van der Waals surface area contributed by atoms with Gasteiger partial charge in [-0.25, -0.2) is 0 Å². The summed E-state index contributed by atoms with van der Waals surface area (Å²) in [4.78, 5) is 11.6. The third-order valence-corrected chi connectivity index (χ3v) is 3.40. The number of aryl methyl sites for hydroxylation is 1. The predicted molar refractivity (Wildman–Crippen MR) is 74.1 cm³/mol. The van der Waals surface area contributed by atoms with Crippen molar-refractivity contribution < 1.29 is 4.79 Å². The molecule has 0 aromatic heterocycles. The van der Waals surface area contributed by atoms with Gasteiger partial charge < -0.3 is 11.1 Å². The van der Waals surface area contributed by atoms with Gasteiger partial charge in [0, 0.05) is 28.5 Å². The maximum absolute atomic E-state index is 11.6. The van der Waals surface area contributed by atoms with Gasteiger partial charge in [0.05, 0.1) is 0 Å². The van der Waals surface area contributed by atoms with Crippen molar-refractivity contribution in [3.63, 3.8) is 0 Å². The molecular formula is C12H16BrClN2O. The summed E-state index contributed by atoms with van der Waals surface area (Å²) < 4.78 is 0.974. The van der Waals surface area contributed by atoms with Crippen LogP contribution in [-0.4, -0.2) is 18.5 Å². The number of nitrogens with two attached hydrogens (primary N) is 1. The van der Waals surface area contributed by atoms with Crippen LogP contribution in [0.2, 0.25) is 5.02 Å². The largest absolute Gasteiger partial charge is 0.352 e. The molecular weight excluding hydrogens is 304 g/mol. The second kappa shape index (κ2) is 6.99. The molecule has 0 radical (unpaired) electrons. The van der Waals surface area contributed by atoms with E-state index in [0.29, 0.717) is 24.4 Å². The lowest BCUT2D eigenvalue weighted by atomic mass is 10.1. The van der Waals surface area contributed by atoms with E-state index in [1.54, 1.807) is 0 Å². The van der Waals surface area contributed by atoms with Crippen LogP contribution in [0.3, 0.4) is 0 Å². The highest BCUT2D eigenvalue weighted by Crippen LogP contribution is 2.22. The second-order valence-electron chi connectivity index (χ2n) is 3.94. The van der Waals surface area contributed by atoms with Gasteiger partial charge in [0.25, 0.3) is 0 Å². The molecule has 0 aliphatic heterocycles. The molecule has 0 spiro atoms. The maximum atomic E-state index is 11.6. The Kier molecular flexibility index (Phi) is 5.95. The number of halogens is 2. The Morgan fingerprint density at radius 1 is 1.59 bits per heavy atom. The Labute approximate surface area is 115 Å². The quantitative estimate of drug-likeness (QED) is 0.876. The van der Waals surface area contributed by atoms with E-state index in [1.807, 2.05) is 25.1 Å². The normalized spacial score (nSPS) is 12.2. The van der Waals surface area contributed by atoms with E-state index in [2.05, 4.69) is 21.2 Å². The van der Waals surface area contributed by atoms with Crippen LogP contribution in [-0.2, 0) is 11.2 Å². The van der Waals surface area contributed by atoms with Gasteiger partial charge in [-0.3, -0.25) is 4.79 Å². The van der Waals surface area contributed by atoms with Gasteiger partial charge in [-0.15, -0.1) is 0 Å². The number of benzene rings is 1. The van der Waals surface area contributed by atoms with Crippen LogP contribution in [0.15, 0.2) is 22.7 Å². The first-order valence-electron chi connectivity index (χ1n) is 5.46. The number of nitrogens with one attached hydrogen (secondary N) is 1. The van der Waals surface area contributed by atoms with E-state index < -0.39 is 0 Å². The van der Waals surface area contributed by atoms with Gasteiger partial charge in [-0.1, -0.05) is 27.5 Å². The molecule has 1 atom stereocenters. The van der Waals surface area contributed by atoms with E-state index in [1.165, 1.54) is 0 Å². The summed E-state index contributed by atoms with van der Waals surface area (Å²) in [6, 6.07) is 5.58.